The molecule has 1 atom stereocenters. The summed E-state index contributed by atoms with van der Waals surface area (Å²) < 4.78 is 10.8. The molecule has 2 rings (SSSR count). The fourth-order valence-electron chi connectivity index (χ4n) is 2.19. The summed E-state index contributed by atoms with van der Waals surface area (Å²) in [4.78, 5) is 15.6. The number of carbonyl (C=O) groups is 1. The fourth-order valence-corrected chi connectivity index (χ4v) is 2.19. The van der Waals surface area contributed by atoms with Crippen molar-refractivity contribution in [3.63, 3.8) is 0 Å². The van der Waals surface area contributed by atoms with Crippen LogP contribution < -0.4 is 15.0 Å². The Hall–Kier alpha value is -2.86. The fraction of sp³-hybridized carbons (Fsp3) is 0.222. The van der Waals surface area contributed by atoms with Crippen molar-refractivity contribution in [3.05, 3.63) is 59.9 Å². The summed E-state index contributed by atoms with van der Waals surface area (Å²) >= 11 is 0. The summed E-state index contributed by atoms with van der Waals surface area (Å²) in [6.07, 6.45) is 0.848. The lowest BCUT2D eigenvalue weighted by Gasteiger charge is -2.17. The Morgan fingerprint density at radius 3 is 2.58 bits per heavy atom. The highest BCUT2D eigenvalue weighted by Gasteiger charge is 2.17. The van der Waals surface area contributed by atoms with Crippen molar-refractivity contribution in [2.75, 3.05) is 7.11 Å². The largest absolute Gasteiger partial charge is 0.493 e. The van der Waals surface area contributed by atoms with Gasteiger partial charge in [0.1, 0.15) is 0 Å². The van der Waals surface area contributed by atoms with E-state index >= 15 is 0 Å². The van der Waals surface area contributed by atoms with Crippen LogP contribution in [0.5, 0.6) is 11.5 Å². The van der Waals surface area contributed by atoms with Crippen LogP contribution in [-0.4, -0.2) is 29.3 Å². The Kier molecular flexibility index (Phi) is 5.55. The lowest BCUT2D eigenvalue weighted by atomic mass is 9.99. The van der Waals surface area contributed by atoms with Gasteiger partial charge in [-0.2, -0.15) is 0 Å². The van der Waals surface area contributed by atoms with Gasteiger partial charge in [0.2, 0.25) is 0 Å². The summed E-state index contributed by atoms with van der Waals surface area (Å²) in [5.41, 5.74) is 5.03. The van der Waals surface area contributed by atoms with Crippen molar-refractivity contribution >= 4 is 11.5 Å². The van der Waals surface area contributed by atoms with Gasteiger partial charge in [0.05, 0.1) is 7.11 Å². The molecule has 1 amide bonds. The molecule has 24 heavy (non-hydrogen) atoms. The maximum absolute atomic E-state index is 11.4. The molecule has 0 aliphatic carbocycles. The van der Waals surface area contributed by atoms with E-state index in [9.17, 15) is 4.79 Å². The van der Waals surface area contributed by atoms with Crippen molar-refractivity contribution in [2.45, 2.75) is 20.0 Å². The maximum Gasteiger partial charge on any atom is 0.284 e. The number of hydroxylamine groups is 1. The molecular weight excluding hydrogens is 308 g/mol. The number of pyridine rings is 1. The van der Waals surface area contributed by atoms with E-state index in [-0.39, 0.29) is 0 Å². The van der Waals surface area contributed by atoms with Gasteiger partial charge in [0, 0.05) is 11.9 Å². The summed E-state index contributed by atoms with van der Waals surface area (Å²) in [5.74, 6) is 0.221. The number of methoxy groups -OCH3 is 1. The smallest absolute Gasteiger partial charge is 0.284 e. The quantitative estimate of drug-likeness (QED) is 0.629. The molecule has 1 heterocycles. The molecule has 0 spiro atoms. The Balaban J connectivity index is 2.34. The van der Waals surface area contributed by atoms with Crippen LogP contribution in [0.3, 0.4) is 0 Å². The zero-order valence-electron chi connectivity index (χ0n) is 13.9. The van der Waals surface area contributed by atoms with Crippen molar-refractivity contribution in [2.24, 2.45) is 0 Å². The number of hydrogen-bond acceptors (Lipinski definition) is 5. The average Bonchev–Trinajstić information content (AvgIpc) is 2.60. The van der Waals surface area contributed by atoms with Crippen LogP contribution in [0.4, 0.5) is 0 Å². The first kappa shape index (κ1) is 17.5. The third-order valence-electron chi connectivity index (χ3n) is 3.54. The van der Waals surface area contributed by atoms with Crippen LogP contribution in [0.2, 0.25) is 0 Å². The number of nitrogens with zero attached hydrogens (tertiary/aromatic N) is 1. The van der Waals surface area contributed by atoms with Crippen LogP contribution in [0.15, 0.2) is 43.1 Å². The zero-order chi connectivity index (χ0) is 17.7. The molecule has 1 aromatic heterocycles. The second kappa shape index (κ2) is 7.61. The third kappa shape index (κ3) is 3.91. The van der Waals surface area contributed by atoms with Gasteiger partial charge in [-0.3, -0.25) is 15.0 Å². The third-order valence-corrected chi connectivity index (χ3v) is 3.54. The number of ether oxygens (including phenoxy) is 2. The Morgan fingerprint density at radius 1 is 1.25 bits per heavy atom. The van der Waals surface area contributed by atoms with Crippen LogP contribution >= 0.6 is 0 Å². The molecule has 6 heteroatoms. The van der Waals surface area contributed by atoms with Gasteiger partial charge >= 0.3 is 0 Å². The van der Waals surface area contributed by atoms with Gasteiger partial charge in [-0.05, 0) is 54.8 Å². The lowest BCUT2D eigenvalue weighted by Crippen LogP contribution is -2.34. The molecule has 0 aliphatic rings. The van der Waals surface area contributed by atoms with E-state index in [1.165, 1.54) is 14.0 Å². The Bertz CT molecular complexity index is 758. The molecule has 0 radical (unpaired) electrons. The molecule has 0 bridgehead atoms. The molecule has 2 aromatic rings. The number of hydrogen-bond donors (Lipinski definition) is 2. The number of aromatic nitrogens is 1. The first-order valence-electron chi connectivity index (χ1n) is 7.37. The van der Waals surface area contributed by atoms with Crippen LogP contribution in [-0.2, 0) is 4.79 Å². The molecule has 6 nitrogen and oxygen atoms in total. The average molecular weight is 328 g/mol. The number of nitrogens with one attached hydrogen (secondary N) is 1. The minimum absolute atomic E-state index is 0.387. The highest BCUT2D eigenvalue weighted by Crippen LogP contribution is 2.33. The minimum atomic E-state index is -0.879. The molecule has 0 aliphatic heterocycles. The van der Waals surface area contributed by atoms with Gasteiger partial charge < -0.3 is 9.47 Å². The van der Waals surface area contributed by atoms with Crippen LogP contribution in [0, 0.1) is 6.92 Å². The molecule has 1 unspecified atom stereocenters. The van der Waals surface area contributed by atoms with Gasteiger partial charge in [-0.25, -0.2) is 5.48 Å². The van der Waals surface area contributed by atoms with Crippen LogP contribution in [0.25, 0.3) is 5.57 Å². The molecule has 0 fully saturated rings. The van der Waals surface area contributed by atoms with Crippen molar-refractivity contribution in [1.82, 2.24) is 10.5 Å². The van der Waals surface area contributed by atoms with E-state index in [4.69, 9.17) is 14.7 Å². The highest BCUT2D eigenvalue weighted by molar-refractivity contribution is 5.81. The van der Waals surface area contributed by atoms with Gasteiger partial charge in [0.15, 0.2) is 17.6 Å². The molecule has 2 N–H and O–H groups in total. The summed E-state index contributed by atoms with van der Waals surface area (Å²) in [7, 11) is 1.51. The van der Waals surface area contributed by atoms with Crippen molar-refractivity contribution < 1.29 is 19.5 Å². The SMILES string of the molecule is C=C(c1ccnc(C)c1)c1ccc(OC)c(OC(C)C(=O)NO)c1. The van der Waals surface area contributed by atoms with Gasteiger partial charge in [0.25, 0.3) is 5.91 Å². The van der Waals surface area contributed by atoms with Gasteiger partial charge in [-0.1, -0.05) is 12.6 Å². The van der Waals surface area contributed by atoms with E-state index < -0.39 is 12.0 Å². The second-order valence-electron chi connectivity index (χ2n) is 5.27. The Morgan fingerprint density at radius 2 is 1.96 bits per heavy atom. The first-order valence-corrected chi connectivity index (χ1v) is 7.37. The summed E-state index contributed by atoms with van der Waals surface area (Å²) in [5, 5.41) is 8.70. The van der Waals surface area contributed by atoms with E-state index in [2.05, 4.69) is 11.6 Å². The highest BCUT2D eigenvalue weighted by atomic mass is 16.5. The molecule has 0 saturated heterocycles. The summed E-state index contributed by atoms with van der Waals surface area (Å²) in [6, 6.07) is 9.17. The standard InChI is InChI=1S/C18H20N2O4/c1-11-9-15(7-8-19-11)12(2)14-5-6-16(23-4)17(10-14)24-13(3)18(21)20-22/h5-10,13,22H,2H2,1,3-4H3,(H,20,21). The predicted molar refractivity (Wildman–Crippen MR) is 90.1 cm³/mol. The van der Waals surface area contributed by atoms with Gasteiger partial charge in [-0.15, -0.1) is 0 Å². The summed E-state index contributed by atoms with van der Waals surface area (Å²) in [6.45, 7) is 7.56. The Labute approximate surface area is 140 Å². The molecular formula is C18H20N2O4. The van der Waals surface area contributed by atoms with Crippen LogP contribution in [0.1, 0.15) is 23.7 Å². The normalized spacial score (nSPS) is 11.5. The topological polar surface area (TPSA) is 80.7 Å². The van der Waals surface area contributed by atoms with Crippen molar-refractivity contribution in [1.29, 1.82) is 0 Å². The first-order chi connectivity index (χ1) is 11.5. The predicted octanol–water partition coefficient (Wildman–Crippen LogP) is 2.73. The number of benzene rings is 1. The second-order valence-corrected chi connectivity index (χ2v) is 5.27. The minimum Gasteiger partial charge on any atom is -0.493 e. The molecule has 0 saturated carbocycles. The molecule has 1 aromatic carbocycles. The number of carbonyl (C=O) groups excluding carboxylic acids is 1. The number of rotatable bonds is 6. The number of aryl methyl sites for hydroxylation is 1. The maximum atomic E-state index is 11.4. The zero-order valence-corrected chi connectivity index (χ0v) is 13.9. The monoisotopic (exact) mass is 328 g/mol. The van der Waals surface area contributed by atoms with E-state index in [1.54, 1.807) is 23.8 Å². The van der Waals surface area contributed by atoms with Crippen molar-refractivity contribution in [3.8, 4) is 11.5 Å². The lowest BCUT2D eigenvalue weighted by molar-refractivity contribution is -0.135. The van der Waals surface area contributed by atoms with E-state index in [1.807, 2.05) is 25.1 Å². The molecule has 126 valence electrons. The number of amides is 1. The van der Waals surface area contributed by atoms with E-state index in [0.717, 1.165) is 22.4 Å². The van der Waals surface area contributed by atoms with E-state index in [0.29, 0.717) is 11.5 Å².